The predicted octanol–water partition coefficient (Wildman–Crippen LogP) is 12.2. The molecule has 4 aliphatic rings. The number of rotatable bonds is 16. The van der Waals surface area contributed by atoms with Gasteiger partial charge in [-0.3, -0.25) is 0 Å². The molecule has 608 valence electrons. The fourth-order valence-electron chi connectivity index (χ4n) is 14.4. The number of aromatic nitrogens is 12. The van der Waals surface area contributed by atoms with Crippen LogP contribution in [0.25, 0.3) is 22.6 Å². The van der Waals surface area contributed by atoms with Crippen molar-refractivity contribution in [1.82, 2.24) is 58.4 Å². The molecule has 8 aromatic heterocycles. The third-order valence-corrected chi connectivity index (χ3v) is 19.4. The Labute approximate surface area is 650 Å². The quantitative estimate of drug-likeness (QED) is 0.0396. The largest absolute Gasteiger partial charge is 0.462 e. The zero-order valence-electron chi connectivity index (χ0n) is 61.9. The summed E-state index contributed by atoms with van der Waals surface area (Å²) in [6.07, 6.45) is 1.00. The number of fused-ring (bicyclic) bond motifs is 4. The van der Waals surface area contributed by atoms with Crippen LogP contribution in [0.2, 0.25) is 0 Å². The van der Waals surface area contributed by atoms with Crippen LogP contribution < -0.4 is 42.5 Å². The zero-order chi connectivity index (χ0) is 82.8. The number of carbonyl (C=O) groups is 4. The number of halogens is 12. The van der Waals surface area contributed by atoms with Gasteiger partial charge in [-0.25, -0.2) is 110 Å². The van der Waals surface area contributed by atoms with Gasteiger partial charge in [0.1, 0.15) is 117 Å². The van der Waals surface area contributed by atoms with Gasteiger partial charge in [0.05, 0.1) is 76.8 Å². The van der Waals surface area contributed by atoms with Crippen molar-refractivity contribution >= 4 is 93.0 Å². The average Bonchev–Trinajstić information content (AvgIpc) is 1.62. The topological polar surface area (TPSA) is 343 Å². The molecule has 8 N–H and O–H groups in total. The number of hydrogen-bond acceptors (Lipinski definition) is 24. The van der Waals surface area contributed by atoms with Crippen molar-refractivity contribution in [2.45, 2.75) is 102 Å². The average molecular weight is 1620 g/mol. The summed E-state index contributed by atoms with van der Waals surface area (Å²) >= 11 is 0. The first-order chi connectivity index (χ1) is 55.5. The lowest BCUT2D eigenvalue weighted by Crippen LogP contribution is -2.25. The lowest BCUT2D eigenvalue weighted by atomic mass is 10.0. The third-order valence-electron chi connectivity index (χ3n) is 19.4. The Hall–Kier alpha value is -13.2. The number of anilines is 8. The van der Waals surface area contributed by atoms with E-state index in [-0.39, 0.29) is 192 Å². The van der Waals surface area contributed by atoms with Gasteiger partial charge in [0.2, 0.25) is 0 Å². The summed E-state index contributed by atoms with van der Waals surface area (Å²) in [6, 6.07) is 15.6. The summed E-state index contributed by atoms with van der Waals surface area (Å²) in [5.41, 5.74) is 24.0. The number of nitrogens with zero attached hydrogens (tertiary/aromatic N) is 16. The van der Waals surface area contributed by atoms with Crippen LogP contribution in [0.5, 0.6) is 0 Å². The van der Waals surface area contributed by atoms with Crippen LogP contribution in [0.3, 0.4) is 0 Å². The molecule has 4 aromatic carbocycles. The number of esters is 4. The van der Waals surface area contributed by atoms with Crippen LogP contribution in [0, 0.1) is 46.5 Å². The number of benzene rings is 4. The van der Waals surface area contributed by atoms with Crippen LogP contribution in [-0.2, 0) is 18.9 Å². The first-order valence-corrected chi connectivity index (χ1v) is 36.3. The molecule has 0 unspecified atom stereocenters. The lowest BCUT2D eigenvalue weighted by Gasteiger charge is -2.26. The van der Waals surface area contributed by atoms with E-state index in [1.807, 2.05) is 0 Å². The Bertz CT molecular complexity index is 5030. The second-order valence-corrected chi connectivity index (χ2v) is 26.8. The first-order valence-electron chi connectivity index (χ1n) is 36.3. The Kier molecular flexibility index (Phi) is 23.6. The molecule has 0 radical (unpaired) electrons. The number of alkyl halides is 4. The minimum atomic E-state index is -1.25. The van der Waals surface area contributed by atoms with Gasteiger partial charge in [0, 0.05) is 72.7 Å². The Morgan fingerprint density at radius 3 is 0.724 bits per heavy atom. The Morgan fingerprint density at radius 1 is 0.336 bits per heavy atom. The molecule has 0 aliphatic carbocycles. The molecular weight excluding hydrogens is 1550 g/mol. The van der Waals surface area contributed by atoms with Gasteiger partial charge in [0.25, 0.3) is 0 Å². The van der Waals surface area contributed by atoms with Gasteiger partial charge >= 0.3 is 23.9 Å². The highest BCUT2D eigenvalue weighted by Crippen LogP contribution is 2.44. The minimum absolute atomic E-state index is 0.00168. The van der Waals surface area contributed by atoms with Crippen LogP contribution in [0.1, 0.15) is 141 Å². The van der Waals surface area contributed by atoms with E-state index >= 15 is 0 Å². The van der Waals surface area contributed by atoms with Gasteiger partial charge in [-0.15, -0.1) is 20.4 Å². The second kappa shape index (κ2) is 33.9. The fourth-order valence-corrected chi connectivity index (χ4v) is 14.4. The lowest BCUT2D eigenvalue weighted by molar-refractivity contribution is 0.0519. The summed E-state index contributed by atoms with van der Waals surface area (Å²) in [5.74, 6) is -6.71. The third kappa shape index (κ3) is 16.5. The van der Waals surface area contributed by atoms with E-state index in [2.05, 4.69) is 40.3 Å². The van der Waals surface area contributed by atoms with E-state index in [0.29, 0.717) is 0 Å². The highest BCUT2D eigenvalue weighted by molar-refractivity contribution is 6.03. The fraction of sp³-hybridized carbons (Fsp3) is 0.316. The van der Waals surface area contributed by atoms with Crippen molar-refractivity contribution in [3.8, 4) is 0 Å². The number of hydrogen-bond donors (Lipinski definition) is 4. The molecule has 4 aliphatic heterocycles. The summed E-state index contributed by atoms with van der Waals surface area (Å²) in [6.45, 7) is 6.99. The van der Waals surface area contributed by atoms with Crippen LogP contribution >= 0.6 is 0 Å². The molecule has 40 heteroatoms. The van der Waals surface area contributed by atoms with Crippen LogP contribution in [0.15, 0.2) is 122 Å². The molecule has 0 spiro atoms. The highest BCUT2D eigenvalue weighted by atomic mass is 19.2. The molecule has 0 amide bonds. The van der Waals surface area contributed by atoms with Gasteiger partial charge in [-0.2, -0.15) is 0 Å². The van der Waals surface area contributed by atoms with Gasteiger partial charge in [0.15, 0.2) is 45.9 Å². The normalized spacial score (nSPS) is 19.1. The van der Waals surface area contributed by atoms with E-state index in [1.165, 1.54) is 42.8 Å². The summed E-state index contributed by atoms with van der Waals surface area (Å²) in [7, 11) is 0. The smallest absolute Gasteiger partial charge is 0.345 e. The van der Waals surface area contributed by atoms with E-state index in [4.69, 9.17) is 41.9 Å². The minimum Gasteiger partial charge on any atom is -0.462 e. The number of ether oxygens (including phenoxy) is 4. The van der Waals surface area contributed by atoms with E-state index in [0.717, 1.165) is 72.8 Å². The van der Waals surface area contributed by atoms with Crippen molar-refractivity contribution in [3.63, 3.8) is 0 Å². The molecule has 12 aromatic rings. The highest BCUT2D eigenvalue weighted by Gasteiger charge is 2.41. The molecule has 0 saturated carbocycles. The Balaban J connectivity index is 0.000000135. The van der Waals surface area contributed by atoms with Gasteiger partial charge in [-0.05, 0) is 125 Å². The van der Waals surface area contributed by atoms with Crippen molar-refractivity contribution < 1.29 is 90.8 Å². The van der Waals surface area contributed by atoms with Crippen LogP contribution in [-0.4, -0.2) is 160 Å². The SMILES string of the molecule is CCOC(=O)c1c(N)nn2ccc(N3C[C@@H](F)C[C@@H]3c3cc(F)ccc3F)nc12.CCOC(=O)c1c(N)nn2ccc(N3C[C@@H](F)C[C@H]3c3cc(F)ccc3F)nc12.CCOC(=O)c1c(N)nn2ccc(N3C[C@H](F)C[C@@H]3c3cc(F)ccc3F)nc12.CCOC(=O)c1c(N)nn2ccc(N3C[C@H](F)C[C@H]3c3cc(F)ccc3F)nc12. The summed E-state index contributed by atoms with van der Waals surface area (Å²) < 4.78 is 194. The first kappa shape index (κ1) is 80.8. The standard InChI is InChI=1S/4C19H18F3N5O2/c4*1-2-29-19(28)16-17(23)25-27-6-5-15(24-18(16)27)26-9-11(21)8-14(26)12-7-10(20)3-4-13(12)22/h4*3-7,11,14H,2,8-9H2,1H3,(H2,23,25)/t2*11-,14+;2*11-,14-/m1010/s1. The van der Waals surface area contributed by atoms with Crippen LogP contribution in [0.4, 0.5) is 99.2 Å². The van der Waals surface area contributed by atoms with Gasteiger partial charge in [-0.1, -0.05) is 0 Å². The molecule has 116 heavy (non-hydrogen) atoms. The zero-order valence-corrected chi connectivity index (χ0v) is 61.9. The summed E-state index contributed by atoms with van der Waals surface area (Å²) in [4.78, 5) is 72.7. The maximum absolute atomic E-state index is 14.3. The maximum Gasteiger partial charge on any atom is 0.345 e. The molecule has 4 fully saturated rings. The van der Waals surface area contributed by atoms with Crippen molar-refractivity contribution in [3.05, 3.63) is 213 Å². The van der Waals surface area contributed by atoms with E-state index in [1.54, 1.807) is 71.6 Å². The molecule has 12 heterocycles. The number of nitrogen functional groups attached to an aromatic ring is 4. The maximum atomic E-state index is 14.3. The second-order valence-electron chi connectivity index (χ2n) is 26.8. The molecule has 28 nitrogen and oxygen atoms in total. The van der Waals surface area contributed by atoms with E-state index < -0.39 is 119 Å². The Morgan fingerprint density at radius 2 is 0.534 bits per heavy atom. The molecular formula is C76H72F12N20O8. The molecule has 0 bridgehead atoms. The molecule has 16 rings (SSSR count). The monoisotopic (exact) mass is 1620 g/mol. The van der Waals surface area contributed by atoms with E-state index in [9.17, 15) is 71.9 Å². The molecule has 4 saturated heterocycles. The molecule has 8 atom stereocenters. The van der Waals surface area contributed by atoms with Gasteiger partial charge < -0.3 is 61.5 Å². The number of carbonyl (C=O) groups excluding carboxylic acids is 4. The van der Waals surface area contributed by atoms with Crippen molar-refractivity contribution in [2.24, 2.45) is 0 Å². The van der Waals surface area contributed by atoms with Crippen molar-refractivity contribution in [2.75, 3.05) is 95.1 Å². The predicted molar refractivity (Wildman–Crippen MR) is 397 cm³/mol. The number of nitrogens with two attached hydrogens (primary N) is 4. The summed E-state index contributed by atoms with van der Waals surface area (Å²) in [5, 5.41) is 16.1. The van der Waals surface area contributed by atoms with Crippen molar-refractivity contribution in [1.29, 1.82) is 0 Å².